The molecule has 0 spiro atoms. The van der Waals surface area contributed by atoms with E-state index in [1.165, 1.54) is 31.2 Å². The molecule has 0 N–H and O–H groups in total. The Morgan fingerprint density at radius 2 is 1.59 bits per heavy atom. The summed E-state index contributed by atoms with van der Waals surface area (Å²) < 4.78 is 20.8. The van der Waals surface area contributed by atoms with Crippen LogP contribution in [-0.4, -0.2) is 12.7 Å². The summed E-state index contributed by atoms with van der Waals surface area (Å²) in [5.74, 6) is 1.87. The Labute approximate surface area is 163 Å². The molecule has 4 rings (SSSR count). The number of hydrogen-bond donors (Lipinski definition) is 0. The highest BCUT2D eigenvalue weighted by molar-refractivity contribution is 5.64. The Hall–Kier alpha value is -1.67. The third kappa shape index (κ3) is 4.11. The van der Waals surface area contributed by atoms with Gasteiger partial charge in [-0.1, -0.05) is 42.0 Å². The lowest BCUT2D eigenvalue weighted by atomic mass is 9.65. The lowest BCUT2D eigenvalue weighted by molar-refractivity contribution is -0.00968. The van der Waals surface area contributed by atoms with E-state index in [2.05, 4.69) is 44.2 Å². The maximum atomic E-state index is 15.0. The lowest BCUT2D eigenvalue weighted by Gasteiger charge is -2.42. The number of aryl methyl sites for hydroxylation is 1. The van der Waals surface area contributed by atoms with E-state index in [-0.39, 0.29) is 5.82 Å². The Kier molecular flexibility index (Phi) is 5.63. The van der Waals surface area contributed by atoms with E-state index < -0.39 is 0 Å². The second kappa shape index (κ2) is 8.14. The zero-order chi connectivity index (χ0) is 18.8. The van der Waals surface area contributed by atoms with E-state index in [0.717, 1.165) is 48.0 Å². The molecule has 0 bridgehead atoms. The molecule has 2 saturated carbocycles. The van der Waals surface area contributed by atoms with Crippen molar-refractivity contribution in [2.45, 2.75) is 64.4 Å². The smallest absolute Gasteiger partial charge is 0.127 e. The minimum Gasteiger partial charge on any atom is -0.378 e. The van der Waals surface area contributed by atoms with Gasteiger partial charge >= 0.3 is 0 Å². The molecule has 144 valence electrons. The quantitative estimate of drug-likeness (QED) is 0.572. The zero-order valence-corrected chi connectivity index (χ0v) is 16.6. The van der Waals surface area contributed by atoms with Gasteiger partial charge in [-0.2, -0.15) is 0 Å². The molecule has 2 heteroatoms. The number of fused-ring (bicyclic) bond motifs is 1. The van der Waals surface area contributed by atoms with E-state index in [0.29, 0.717) is 12.0 Å². The van der Waals surface area contributed by atoms with Crippen LogP contribution in [0.4, 0.5) is 4.39 Å². The SMILES string of the molecule is CCOC1CCC2CC(c3ccc(-c4ccc(C)cc4)cc3F)CCC2C1. The van der Waals surface area contributed by atoms with Gasteiger partial charge in [0.05, 0.1) is 6.10 Å². The summed E-state index contributed by atoms with van der Waals surface area (Å²) in [6, 6.07) is 14.2. The molecule has 0 heterocycles. The highest BCUT2D eigenvalue weighted by atomic mass is 19.1. The molecule has 2 aliphatic rings. The van der Waals surface area contributed by atoms with Crippen LogP contribution in [-0.2, 0) is 4.74 Å². The van der Waals surface area contributed by atoms with Gasteiger partial charge in [0.2, 0.25) is 0 Å². The maximum absolute atomic E-state index is 15.0. The minimum atomic E-state index is -0.0282. The average Bonchev–Trinajstić information content (AvgIpc) is 2.68. The molecule has 0 radical (unpaired) electrons. The Morgan fingerprint density at radius 3 is 2.33 bits per heavy atom. The second-order valence-electron chi connectivity index (χ2n) is 8.52. The van der Waals surface area contributed by atoms with E-state index in [1.54, 1.807) is 6.07 Å². The van der Waals surface area contributed by atoms with Gasteiger partial charge in [0.15, 0.2) is 0 Å². The third-order valence-electron chi connectivity index (χ3n) is 6.79. The molecule has 2 aromatic rings. The van der Waals surface area contributed by atoms with Crippen molar-refractivity contribution in [3.8, 4) is 11.1 Å². The van der Waals surface area contributed by atoms with Gasteiger partial charge in [0.1, 0.15) is 5.82 Å². The van der Waals surface area contributed by atoms with Gasteiger partial charge < -0.3 is 4.74 Å². The number of benzene rings is 2. The van der Waals surface area contributed by atoms with Gasteiger partial charge in [-0.3, -0.25) is 0 Å². The van der Waals surface area contributed by atoms with E-state index in [1.807, 2.05) is 6.07 Å². The fourth-order valence-electron chi connectivity index (χ4n) is 5.30. The van der Waals surface area contributed by atoms with E-state index >= 15 is 0 Å². The Bertz CT molecular complexity index is 766. The molecule has 1 nitrogen and oxygen atoms in total. The summed E-state index contributed by atoms with van der Waals surface area (Å²) in [7, 11) is 0. The predicted octanol–water partition coefficient (Wildman–Crippen LogP) is 6.89. The van der Waals surface area contributed by atoms with Crippen LogP contribution in [0.5, 0.6) is 0 Å². The fraction of sp³-hybridized carbons (Fsp3) is 0.520. The molecule has 2 fully saturated rings. The van der Waals surface area contributed by atoms with Crippen LogP contribution in [0.3, 0.4) is 0 Å². The second-order valence-corrected chi connectivity index (χ2v) is 8.52. The fourth-order valence-corrected chi connectivity index (χ4v) is 5.30. The summed E-state index contributed by atoms with van der Waals surface area (Å²) in [5, 5.41) is 0. The first kappa shape index (κ1) is 18.7. The summed E-state index contributed by atoms with van der Waals surface area (Å²) in [4.78, 5) is 0. The van der Waals surface area contributed by atoms with E-state index in [9.17, 15) is 4.39 Å². The predicted molar refractivity (Wildman–Crippen MR) is 109 cm³/mol. The van der Waals surface area contributed by atoms with E-state index in [4.69, 9.17) is 4.74 Å². The lowest BCUT2D eigenvalue weighted by Crippen LogP contribution is -2.33. The minimum absolute atomic E-state index is 0.0282. The van der Waals surface area contributed by atoms with Crippen molar-refractivity contribution in [1.82, 2.24) is 0 Å². The number of rotatable bonds is 4. The first-order valence-electron chi connectivity index (χ1n) is 10.6. The molecular weight excluding hydrogens is 335 g/mol. The molecule has 0 aromatic heterocycles. The molecule has 2 aliphatic carbocycles. The van der Waals surface area contributed by atoms with Crippen molar-refractivity contribution in [2.75, 3.05) is 6.61 Å². The summed E-state index contributed by atoms with van der Waals surface area (Å²) >= 11 is 0. The topological polar surface area (TPSA) is 9.23 Å². The normalized spacial score (nSPS) is 28.0. The molecule has 2 aromatic carbocycles. The summed E-state index contributed by atoms with van der Waals surface area (Å²) in [6.07, 6.45) is 7.56. The Morgan fingerprint density at radius 1 is 0.889 bits per heavy atom. The molecular formula is C25H31FO. The van der Waals surface area contributed by atoms with Crippen molar-refractivity contribution >= 4 is 0 Å². The van der Waals surface area contributed by atoms with Crippen LogP contribution < -0.4 is 0 Å². The van der Waals surface area contributed by atoms with Crippen molar-refractivity contribution in [2.24, 2.45) is 11.8 Å². The molecule has 27 heavy (non-hydrogen) atoms. The van der Waals surface area contributed by atoms with Crippen LogP contribution in [0.2, 0.25) is 0 Å². The zero-order valence-electron chi connectivity index (χ0n) is 16.6. The van der Waals surface area contributed by atoms with Crippen molar-refractivity contribution < 1.29 is 9.13 Å². The van der Waals surface area contributed by atoms with Gasteiger partial charge in [0, 0.05) is 6.61 Å². The van der Waals surface area contributed by atoms with Crippen molar-refractivity contribution in [1.29, 1.82) is 0 Å². The average molecular weight is 367 g/mol. The third-order valence-corrected chi connectivity index (χ3v) is 6.79. The van der Waals surface area contributed by atoms with Crippen molar-refractivity contribution in [3.63, 3.8) is 0 Å². The van der Waals surface area contributed by atoms with Crippen molar-refractivity contribution in [3.05, 3.63) is 59.4 Å². The van der Waals surface area contributed by atoms with Gasteiger partial charge in [-0.25, -0.2) is 4.39 Å². The van der Waals surface area contributed by atoms with Gasteiger partial charge in [-0.15, -0.1) is 0 Å². The first-order chi connectivity index (χ1) is 13.1. The monoisotopic (exact) mass is 366 g/mol. The Balaban J connectivity index is 1.46. The highest BCUT2D eigenvalue weighted by Crippen LogP contribution is 2.47. The number of halogens is 1. The number of hydrogen-bond acceptors (Lipinski definition) is 1. The summed E-state index contributed by atoms with van der Waals surface area (Å²) in [5.41, 5.74) is 4.22. The highest BCUT2D eigenvalue weighted by Gasteiger charge is 2.36. The standard InChI is InChI=1S/C25H31FO/c1-3-27-23-12-10-19-14-22(9-8-20(19)15-23)24-13-11-21(16-25(24)26)18-6-4-17(2)5-7-18/h4-7,11,13,16,19-20,22-23H,3,8-10,12,14-15H2,1-2H3. The number of ether oxygens (including phenoxy) is 1. The van der Waals surface area contributed by atoms with Crippen LogP contribution in [0, 0.1) is 24.6 Å². The summed E-state index contributed by atoms with van der Waals surface area (Å²) in [6.45, 7) is 4.99. The molecule has 0 amide bonds. The molecule has 0 saturated heterocycles. The van der Waals surface area contributed by atoms with Crippen LogP contribution >= 0.6 is 0 Å². The van der Waals surface area contributed by atoms with Gasteiger partial charge in [0.25, 0.3) is 0 Å². The van der Waals surface area contributed by atoms with Crippen LogP contribution in [0.15, 0.2) is 42.5 Å². The molecule has 4 unspecified atom stereocenters. The van der Waals surface area contributed by atoms with Gasteiger partial charge in [-0.05, 0) is 92.9 Å². The van der Waals surface area contributed by atoms with Crippen LogP contribution in [0.25, 0.3) is 11.1 Å². The molecule has 4 atom stereocenters. The largest absolute Gasteiger partial charge is 0.378 e. The molecule has 0 aliphatic heterocycles. The maximum Gasteiger partial charge on any atom is 0.127 e. The first-order valence-corrected chi connectivity index (χ1v) is 10.6. The van der Waals surface area contributed by atoms with Crippen LogP contribution in [0.1, 0.15) is 62.5 Å².